The molecule has 3 aromatic rings. The zero-order chi connectivity index (χ0) is 20.2. The largest absolute Gasteiger partial charge is 0.337 e. The standard InChI is InChI=1S/C21H24N6O2/c1-15-6-7-18(23-11-15)13-26-9-4-10-27(21(28)17-5-3-8-22-12-17)19(14-26)20-24-16(2)25-29-20/h3,5-8,11-12,19H,4,9-10,13-14H2,1-2H3. The van der Waals surface area contributed by atoms with Crippen LogP contribution in [0.4, 0.5) is 0 Å². The van der Waals surface area contributed by atoms with E-state index in [4.69, 9.17) is 4.52 Å². The Morgan fingerprint density at radius 1 is 1.21 bits per heavy atom. The van der Waals surface area contributed by atoms with Gasteiger partial charge < -0.3 is 9.42 Å². The van der Waals surface area contributed by atoms with Crippen molar-refractivity contribution in [1.82, 2.24) is 29.9 Å². The molecule has 1 aliphatic heterocycles. The van der Waals surface area contributed by atoms with Gasteiger partial charge in [-0.1, -0.05) is 11.2 Å². The average molecular weight is 392 g/mol. The van der Waals surface area contributed by atoms with Crippen molar-refractivity contribution >= 4 is 5.91 Å². The Balaban J connectivity index is 1.60. The molecule has 8 heteroatoms. The van der Waals surface area contributed by atoms with Crippen LogP contribution < -0.4 is 0 Å². The molecule has 1 saturated heterocycles. The summed E-state index contributed by atoms with van der Waals surface area (Å²) in [6.07, 6.45) is 5.98. The molecule has 1 unspecified atom stereocenters. The number of hydrogen-bond donors (Lipinski definition) is 0. The second kappa shape index (κ2) is 8.48. The maximum absolute atomic E-state index is 13.2. The lowest BCUT2D eigenvalue weighted by molar-refractivity contribution is 0.0630. The number of hydrogen-bond acceptors (Lipinski definition) is 7. The van der Waals surface area contributed by atoms with Crippen molar-refractivity contribution in [1.29, 1.82) is 0 Å². The molecule has 0 saturated carbocycles. The van der Waals surface area contributed by atoms with Crippen molar-refractivity contribution in [3.8, 4) is 0 Å². The topological polar surface area (TPSA) is 88.2 Å². The second-order valence-electron chi connectivity index (χ2n) is 7.35. The van der Waals surface area contributed by atoms with Gasteiger partial charge in [0.1, 0.15) is 6.04 Å². The van der Waals surface area contributed by atoms with Crippen molar-refractivity contribution in [2.45, 2.75) is 32.9 Å². The van der Waals surface area contributed by atoms with Crippen molar-refractivity contribution in [2.75, 3.05) is 19.6 Å². The third-order valence-electron chi connectivity index (χ3n) is 5.04. The number of carbonyl (C=O) groups is 1. The maximum Gasteiger partial charge on any atom is 0.256 e. The highest BCUT2D eigenvalue weighted by Crippen LogP contribution is 2.26. The Morgan fingerprint density at radius 3 is 2.79 bits per heavy atom. The van der Waals surface area contributed by atoms with Gasteiger partial charge >= 0.3 is 0 Å². The predicted molar refractivity (Wildman–Crippen MR) is 106 cm³/mol. The van der Waals surface area contributed by atoms with Gasteiger partial charge in [-0.25, -0.2) is 0 Å². The summed E-state index contributed by atoms with van der Waals surface area (Å²) < 4.78 is 5.48. The number of pyridine rings is 2. The Bertz CT molecular complexity index is 957. The zero-order valence-electron chi connectivity index (χ0n) is 16.7. The van der Waals surface area contributed by atoms with Gasteiger partial charge in [0.2, 0.25) is 0 Å². The summed E-state index contributed by atoms with van der Waals surface area (Å²) in [6, 6.07) is 7.34. The molecule has 0 spiro atoms. The number of aromatic nitrogens is 4. The summed E-state index contributed by atoms with van der Waals surface area (Å²) >= 11 is 0. The van der Waals surface area contributed by atoms with Gasteiger partial charge in [0.05, 0.1) is 11.3 Å². The Kier molecular flexibility index (Phi) is 5.62. The van der Waals surface area contributed by atoms with E-state index in [9.17, 15) is 4.79 Å². The molecule has 1 fully saturated rings. The lowest BCUT2D eigenvalue weighted by Gasteiger charge is -2.29. The van der Waals surface area contributed by atoms with Gasteiger partial charge in [-0.15, -0.1) is 0 Å². The van der Waals surface area contributed by atoms with Gasteiger partial charge in [0, 0.05) is 44.8 Å². The minimum Gasteiger partial charge on any atom is -0.337 e. The van der Waals surface area contributed by atoms with Crippen LogP contribution in [0.5, 0.6) is 0 Å². The molecule has 29 heavy (non-hydrogen) atoms. The molecule has 1 aliphatic rings. The van der Waals surface area contributed by atoms with E-state index in [-0.39, 0.29) is 11.9 Å². The number of amides is 1. The van der Waals surface area contributed by atoms with E-state index in [1.807, 2.05) is 24.1 Å². The normalized spacial score (nSPS) is 17.9. The Hall–Kier alpha value is -3.13. The second-order valence-corrected chi connectivity index (χ2v) is 7.35. The first-order valence-corrected chi connectivity index (χ1v) is 9.75. The molecule has 0 N–H and O–H groups in total. The van der Waals surface area contributed by atoms with E-state index in [1.165, 1.54) is 0 Å². The molecule has 4 rings (SSSR count). The van der Waals surface area contributed by atoms with E-state index >= 15 is 0 Å². The third kappa shape index (κ3) is 4.48. The predicted octanol–water partition coefficient (Wildman–Crippen LogP) is 2.57. The lowest BCUT2D eigenvalue weighted by Crippen LogP contribution is -2.38. The molecule has 0 radical (unpaired) electrons. The fourth-order valence-electron chi connectivity index (χ4n) is 3.58. The first-order chi connectivity index (χ1) is 14.1. The van der Waals surface area contributed by atoms with E-state index in [2.05, 4.69) is 31.1 Å². The molecule has 150 valence electrons. The Labute approximate surface area is 169 Å². The number of carbonyl (C=O) groups excluding carboxylic acids is 1. The molecule has 1 amide bonds. The average Bonchev–Trinajstić information content (AvgIpc) is 3.06. The van der Waals surface area contributed by atoms with E-state index in [1.54, 1.807) is 31.5 Å². The van der Waals surface area contributed by atoms with Crippen LogP contribution in [0.25, 0.3) is 0 Å². The maximum atomic E-state index is 13.2. The van der Waals surface area contributed by atoms with Crippen LogP contribution in [-0.2, 0) is 6.54 Å². The lowest BCUT2D eigenvalue weighted by atomic mass is 10.1. The summed E-state index contributed by atoms with van der Waals surface area (Å²) in [7, 11) is 0. The summed E-state index contributed by atoms with van der Waals surface area (Å²) in [6.45, 7) is 6.58. The molecule has 0 bridgehead atoms. The van der Waals surface area contributed by atoms with Crippen molar-refractivity contribution in [3.05, 3.63) is 71.4 Å². The van der Waals surface area contributed by atoms with Crippen molar-refractivity contribution in [2.24, 2.45) is 0 Å². The third-order valence-corrected chi connectivity index (χ3v) is 5.04. The quantitative estimate of drug-likeness (QED) is 0.674. The van der Waals surface area contributed by atoms with Gasteiger partial charge in [-0.3, -0.25) is 19.7 Å². The SMILES string of the molecule is Cc1ccc(CN2CCCN(C(=O)c3cccnc3)C(c3nc(C)no3)C2)nc1. The number of aryl methyl sites for hydroxylation is 2. The highest BCUT2D eigenvalue weighted by molar-refractivity contribution is 5.94. The molecule has 0 aliphatic carbocycles. The van der Waals surface area contributed by atoms with Gasteiger partial charge in [-0.05, 0) is 44.0 Å². The highest BCUT2D eigenvalue weighted by Gasteiger charge is 2.34. The molecule has 4 heterocycles. The first-order valence-electron chi connectivity index (χ1n) is 9.75. The van der Waals surface area contributed by atoms with Crippen LogP contribution >= 0.6 is 0 Å². The fraction of sp³-hybridized carbons (Fsp3) is 0.381. The van der Waals surface area contributed by atoms with Gasteiger partial charge in [-0.2, -0.15) is 4.98 Å². The molecule has 8 nitrogen and oxygen atoms in total. The van der Waals surface area contributed by atoms with Crippen LogP contribution in [0.3, 0.4) is 0 Å². The Morgan fingerprint density at radius 2 is 2.10 bits per heavy atom. The first kappa shape index (κ1) is 19.2. The summed E-state index contributed by atoms with van der Waals surface area (Å²) in [5.74, 6) is 0.947. The van der Waals surface area contributed by atoms with Gasteiger partial charge in [0.15, 0.2) is 5.82 Å². The van der Waals surface area contributed by atoms with Crippen LogP contribution in [0.15, 0.2) is 47.4 Å². The van der Waals surface area contributed by atoms with E-state index in [0.717, 1.165) is 24.2 Å². The minimum absolute atomic E-state index is 0.0748. The monoisotopic (exact) mass is 392 g/mol. The molecule has 1 atom stereocenters. The van der Waals surface area contributed by atoms with Gasteiger partial charge in [0.25, 0.3) is 11.8 Å². The fourth-order valence-corrected chi connectivity index (χ4v) is 3.58. The minimum atomic E-state index is -0.322. The van der Waals surface area contributed by atoms with Crippen LogP contribution in [0.2, 0.25) is 0 Å². The zero-order valence-corrected chi connectivity index (χ0v) is 16.7. The van der Waals surface area contributed by atoms with Crippen molar-refractivity contribution < 1.29 is 9.32 Å². The molecular formula is C21H24N6O2. The van der Waals surface area contributed by atoms with Crippen LogP contribution in [0.1, 0.15) is 45.8 Å². The molecule has 3 aromatic heterocycles. The van der Waals surface area contributed by atoms with E-state index < -0.39 is 0 Å². The summed E-state index contributed by atoms with van der Waals surface area (Å²) in [4.78, 5) is 30.4. The summed E-state index contributed by atoms with van der Waals surface area (Å²) in [5.41, 5.74) is 2.70. The molecule has 0 aromatic carbocycles. The number of nitrogens with zero attached hydrogens (tertiary/aromatic N) is 6. The smallest absolute Gasteiger partial charge is 0.256 e. The van der Waals surface area contributed by atoms with Crippen LogP contribution in [-0.4, -0.2) is 55.4 Å². The highest BCUT2D eigenvalue weighted by atomic mass is 16.5. The molecular weight excluding hydrogens is 368 g/mol. The number of rotatable bonds is 4. The van der Waals surface area contributed by atoms with Crippen LogP contribution in [0, 0.1) is 13.8 Å². The summed E-state index contributed by atoms with van der Waals surface area (Å²) in [5, 5.41) is 3.94. The van der Waals surface area contributed by atoms with Crippen molar-refractivity contribution in [3.63, 3.8) is 0 Å². The van der Waals surface area contributed by atoms with E-state index in [0.29, 0.717) is 36.9 Å².